The van der Waals surface area contributed by atoms with Crippen molar-refractivity contribution in [2.45, 2.75) is 32.9 Å². The van der Waals surface area contributed by atoms with Gasteiger partial charge in [-0.2, -0.15) is 0 Å². The van der Waals surface area contributed by atoms with Crippen LogP contribution >= 0.6 is 11.6 Å². The molecule has 0 saturated heterocycles. The number of halogens is 1. The largest absolute Gasteiger partial charge is 0.492 e. The summed E-state index contributed by atoms with van der Waals surface area (Å²) in [4.78, 5) is 2.14. The lowest BCUT2D eigenvalue weighted by Crippen LogP contribution is -2.25. The second kappa shape index (κ2) is 8.70. The molecule has 0 fully saturated rings. The number of hydrogen-bond acceptors (Lipinski definition) is 5. The van der Waals surface area contributed by atoms with Crippen LogP contribution in [0.25, 0.3) is 0 Å². The first-order valence-corrected chi connectivity index (χ1v) is 7.88. The van der Waals surface area contributed by atoms with Crippen molar-refractivity contribution in [2.24, 2.45) is 0 Å². The van der Waals surface area contributed by atoms with Gasteiger partial charge in [-0.25, -0.2) is 4.68 Å². The van der Waals surface area contributed by atoms with Crippen LogP contribution in [0.4, 0.5) is 0 Å². The first-order chi connectivity index (χ1) is 10.7. The summed E-state index contributed by atoms with van der Waals surface area (Å²) in [5.74, 6) is 1.67. The Morgan fingerprint density at radius 1 is 1.36 bits per heavy atom. The van der Waals surface area contributed by atoms with Crippen molar-refractivity contribution in [1.29, 1.82) is 0 Å². The Kier molecular flexibility index (Phi) is 6.61. The fraction of sp³-hybridized carbons (Fsp3) is 0.533. The molecule has 0 aliphatic rings. The minimum Gasteiger partial charge on any atom is -0.492 e. The third-order valence-corrected chi connectivity index (χ3v) is 3.51. The van der Waals surface area contributed by atoms with E-state index in [1.54, 1.807) is 0 Å². The Morgan fingerprint density at radius 3 is 3.00 bits per heavy atom. The third kappa shape index (κ3) is 5.27. The van der Waals surface area contributed by atoms with Gasteiger partial charge in [-0.15, -0.1) is 5.10 Å². The van der Waals surface area contributed by atoms with Crippen molar-refractivity contribution in [1.82, 2.24) is 25.1 Å². The van der Waals surface area contributed by atoms with Crippen LogP contribution in [0.1, 0.15) is 25.6 Å². The average molecular weight is 324 g/mol. The molecule has 2 aromatic rings. The van der Waals surface area contributed by atoms with Gasteiger partial charge in [0, 0.05) is 18.1 Å². The van der Waals surface area contributed by atoms with E-state index in [4.69, 9.17) is 16.3 Å². The molecule has 7 heteroatoms. The summed E-state index contributed by atoms with van der Waals surface area (Å²) in [5, 5.41) is 12.6. The van der Waals surface area contributed by atoms with Crippen LogP contribution in [0, 0.1) is 0 Å². The number of rotatable bonds is 9. The van der Waals surface area contributed by atoms with Gasteiger partial charge < -0.3 is 4.74 Å². The van der Waals surface area contributed by atoms with Crippen LogP contribution in [0.3, 0.4) is 0 Å². The van der Waals surface area contributed by atoms with Gasteiger partial charge >= 0.3 is 0 Å². The summed E-state index contributed by atoms with van der Waals surface area (Å²) in [5.41, 5.74) is 0. The van der Waals surface area contributed by atoms with Crippen LogP contribution in [0.2, 0.25) is 5.02 Å². The Morgan fingerprint density at radius 2 is 2.23 bits per heavy atom. The van der Waals surface area contributed by atoms with Crippen molar-refractivity contribution in [3.8, 4) is 5.75 Å². The number of benzene rings is 1. The maximum absolute atomic E-state index is 5.92. The highest BCUT2D eigenvalue weighted by atomic mass is 35.5. The first-order valence-electron chi connectivity index (χ1n) is 7.51. The van der Waals surface area contributed by atoms with Gasteiger partial charge in [0.05, 0.1) is 6.54 Å². The van der Waals surface area contributed by atoms with Gasteiger partial charge in [0.2, 0.25) is 0 Å². The van der Waals surface area contributed by atoms with Gasteiger partial charge in [-0.3, -0.25) is 4.90 Å². The van der Waals surface area contributed by atoms with E-state index < -0.39 is 0 Å². The zero-order chi connectivity index (χ0) is 15.8. The molecule has 0 N–H and O–H groups in total. The Balaban J connectivity index is 1.76. The number of aromatic nitrogens is 4. The van der Waals surface area contributed by atoms with E-state index in [9.17, 15) is 0 Å². The number of tetrazole rings is 1. The second-order valence-corrected chi connectivity index (χ2v) is 5.65. The van der Waals surface area contributed by atoms with Crippen LogP contribution in [-0.2, 0) is 13.1 Å². The summed E-state index contributed by atoms with van der Waals surface area (Å²) in [6.07, 6.45) is 2.21. The Bertz CT molecular complexity index is 575. The highest BCUT2D eigenvalue weighted by Gasteiger charge is 2.09. The molecule has 0 bridgehead atoms. The predicted octanol–water partition coefficient (Wildman–Crippen LogP) is 2.64. The van der Waals surface area contributed by atoms with Crippen molar-refractivity contribution in [3.63, 3.8) is 0 Å². The molecule has 0 radical (unpaired) electrons. The van der Waals surface area contributed by atoms with Gasteiger partial charge in [-0.05, 0) is 42.1 Å². The summed E-state index contributed by atoms with van der Waals surface area (Å²) < 4.78 is 7.56. The van der Waals surface area contributed by atoms with Crippen LogP contribution in [0.15, 0.2) is 24.3 Å². The molecule has 0 aliphatic heterocycles. The fourth-order valence-electron chi connectivity index (χ4n) is 2.01. The maximum atomic E-state index is 5.92. The monoisotopic (exact) mass is 323 g/mol. The molecule has 0 spiro atoms. The van der Waals surface area contributed by atoms with E-state index >= 15 is 0 Å². The molecule has 1 heterocycles. The topological polar surface area (TPSA) is 56.1 Å². The van der Waals surface area contributed by atoms with E-state index in [-0.39, 0.29) is 0 Å². The lowest BCUT2D eigenvalue weighted by atomic mass is 10.3. The smallest absolute Gasteiger partial charge is 0.165 e. The zero-order valence-electron chi connectivity index (χ0n) is 13.1. The average Bonchev–Trinajstić information content (AvgIpc) is 2.92. The van der Waals surface area contributed by atoms with Crippen molar-refractivity contribution < 1.29 is 4.74 Å². The third-order valence-electron chi connectivity index (χ3n) is 3.28. The van der Waals surface area contributed by atoms with Crippen molar-refractivity contribution in [3.05, 3.63) is 35.1 Å². The standard InChI is InChI=1S/C15H22ClN5O/c1-3-4-8-21-15(17-18-19-21)12-20(2)9-10-22-14-7-5-6-13(16)11-14/h5-7,11H,3-4,8-10,12H2,1-2H3. The molecule has 6 nitrogen and oxygen atoms in total. The summed E-state index contributed by atoms with van der Waals surface area (Å²) >= 11 is 5.92. The maximum Gasteiger partial charge on any atom is 0.165 e. The Hall–Kier alpha value is -1.66. The summed E-state index contributed by atoms with van der Waals surface area (Å²) in [6.45, 7) is 5.10. The number of ether oxygens (including phenoxy) is 1. The number of unbranched alkanes of at least 4 members (excludes halogenated alkanes) is 1. The molecule has 1 aromatic carbocycles. The number of likely N-dealkylation sites (N-methyl/N-ethyl adjacent to an activating group) is 1. The van der Waals surface area contributed by atoms with E-state index in [1.165, 1.54) is 0 Å². The van der Waals surface area contributed by atoms with Gasteiger partial charge in [0.25, 0.3) is 0 Å². The molecule has 1 aromatic heterocycles. The minimum atomic E-state index is 0.591. The molecule has 0 unspecified atom stereocenters. The second-order valence-electron chi connectivity index (χ2n) is 5.22. The van der Waals surface area contributed by atoms with Crippen LogP contribution in [-0.4, -0.2) is 45.3 Å². The first kappa shape index (κ1) is 16.7. The van der Waals surface area contributed by atoms with Crippen molar-refractivity contribution in [2.75, 3.05) is 20.2 Å². The van der Waals surface area contributed by atoms with Crippen LogP contribution < -0.4 is 4.74 Å². The molecule has 0 aliphatic carbocycles. The highest BCUT2D eigenvalue weighted by molar-refractivity contribution is 6.30. The lowest BCUT2D eigenvalue weighted by Gasteiger charge is -2.16. The molecular formula is C15H22ClN5O. The van der Waals surface area contributed by atoms with E-state index in [1.807, 2.05) is 36.0 Å². The molecule has 120 valence electrons. The summed E-state index contributed by atoms with van der Waals surface area (Å²) in [7, 11) is 2.03. The number of aryl methyl sites for hydroxylation is 1. The quantitative estimate of drug-likeness (QED) is 0.710. The van der Waals surface area contributed by atoms with Crippen molar-refractivity contribution >= 4 is 11.6 Å². The minimum absolute atomic E-state index is 0.591. The van der Waals surface area contributed by atoms with Gasteiger partial charge in [-0.1, -0.05) is 31.0 Å². The fourth-order valence-corrected chi connectivity index (χ4v) is 2.19. The molecule has 0 saturated carbocycles. The predicted molar refractivity (Wildman–Crippen MR) is 86.0 cm³/mol. The summed E-state index contributed by atoms with van der Waals surface area (Å²) in [6, 6.07) is 7.42. The molecule has 2 rings (SSSR count). The van der Waals surface area contributed by atoms with Gasteiger partial charge in [0.1, 0.15) is 12.4 Å². The zero-order valence-corrected chi connectivity index (χ0v) is 13.8. The molecule has 0 atom stereocenters. The molecule has 22 heavy (non-hydrogen) atoms. The Labute approximate surface area is 136 Å². The molecular weight excluding hydrogens is 302 g/mol. The number of hydrogen-bond donors (Lipinski definition) is 0. The molecule has 0 amide bonds. The van der Waals surface area contributed by atoms with Crippen LogP contribution in [0.5, 0.6) is 5.75 Å². The highest BCUT2D eigenvalue weighted by Crippen LogP contribution is 2.16. The normalized spacial score (nSPS) is 11.1. The number of nitrogens with zero attached hydrogens (tertiary/aromatic N) is 5. The SMILES string of the molecule is CCCCn1nnnc1CN(C)CCOc1cccc(Cl)c1. The lowest BCUT2D eigenvalue weighted by molar-refractivity contribution is 0.227. The van der Waals surface area contributed by atoms with Gasteiger partial charge in [0.15, 0.2) is 5.82 Å². The van der Waals surface area contributed by atoms with E-state index in [0.717, 1.165) is 37.5 Å². The van der Waals surface area contributed by atoms with E-state index in [0.29, 0.717) is 18.2 Å². The van der Waals surface area contributed by atoms with E-state index in [2.05, 4.69) is 27.3 Å².